The highest BCUT2D eigenvalue weighted by atomic mass is 19.2. The maximum atomic E-state index is 13.4. The van der Waals surface area contributed by atoms with Crippen LogP contribution in [-0.2, 0) is 11.3 Å². The molecule has 0 radical (unpaired) electrons. The smallest absolute Gasteiger partial charge is 0.213 e. The summed E-state index contributed by atoms with van der Waals surface area (Å²) in [5.41, 5.74) is 2.38. The lowest BCUT2D eigenvalue weighted by atomic mass is 9.99. The van der Waals surface area contributed by atoms with Gasteiger partial charge < -0.3 is 14.8 Å². The van der Waals surface area contributed by atoms with E-state index in [4.69, 9.17) is 9.47 Å². The summed E-state index contributed by atoms with van der Waals surface area (Å²) in [4.78, 5) is 0. The van der Waals surface area contributed by atoms with Crippen molar-refractivity contribution in [2.24, 2.45) is 0 Å². The number of benzene rings is 2. The molecule has 2 heterocycles. The van der Waals surface area contributed by atoms with E-state index in [-0.39, 0.29) is 0 Å². The van der Waals surface area contributed by atoms with E-state index in [9.17, 15) is 8.78 Å². The summed E-state index contributed by atoms with van der Waals surface area (Å²) < 4.78 is 38.6. The Bertz CT molecular complexity index is 742. The Morgan fingerprint density at radius 2 is 1.65 bits per heavy atom. The first-order valence-corrected chi connectivity index (χ1v) is 7.77. The molecule has 23 heavy (non-hydrogen) atoms. The van der Waals surface area contributed by atoms with Crippen LogP contribution in [0, 0.1) is 11.6 Å². The average Bonchev–Trinajstić information content (AvgIpc) is 2.58. The minimum atomic E-state index is -0.846. The first kappa shape index (κ1) is 14.6. The third-order valence-corrected chi connectivity index (χ3v) is 4.47. The van der Waals surface area contributed by atoms with Crippen LogP contribution in [0.4, 0.5) is 8.78 Å². The van der Waals surface area contributed by atoms with E-state index in [1.807, 2.05) is 18.2 Å². The van der Waals surface area contributed by atoms with Crippen molar-refractivity contribution in [3.05, 3.63) is 53.6 Å². The van der Waals surface area contributed by atoms with Crippen molar-refractivity contribution in [2.75, 3.05) is 13.1 Å². The number of hydrogen-bond donors (Lipinski definition) is 1. The molecule has 1 spiro atoms. The van der Waals surface area contributed by atoms with Gasteiger partial charge in [0.2, 0.25) is 5.79 Å². The number of hydrogen-bond acceptors (Lipinski definition) is 3. The van der Waals surface area contributed by atoms with Crippen LogP contribution in [-0.4, -0.2) is 18.9 Å². The van der Waals surface area contributed by atoms with E-state index < -0.39 is 17.4 Å². The monoisotopic (exact) mass is 317 g/mol. The highest BCUT2D eigenvalue weighted by molar-refractivity contribution is 5.66. The summed E-state index contributed by atoms with van der Waals surface area (Å²) in [5.74, 6) is -1.40. The molecule has 1 saturated heterocycles. The van der Waals surface area contributed by atoms with E-state index in [0.717, 1.165) is 48.9 Å². The molecular weight excluding hydrogens is 300 g/mol. The molecule has 0 aliphatic carbocycles. The third kappa shape index (κ3) is 2.71. The molecule has 0 amide bonds. The molecule has 1 N–H and O–H groups in total. The summed E-state index contributed by atoms with van der Waals surface area (Å²) in [7, 11) is 0. The van der Waals surface area contributed by atoms with Gasteiger partial charge in [-0.2, -0.15) is 0 Å². The average molecular weight is 317 g/mol. The summed E-state index contributed by atoms with van der Waals surface area (Å²) in [6, 6.07) is 9.58. The zero-order valence-electron chi connectivity index (χ0n) is 12.6. The first-order chi connectivity index (χ1) is 11.2. The van der Waals surface area contributed by atoms with Crippen LogP contribution in [0.5, 0.6) is 5.75 Å². The van der Waals surface area contributed by atoms with Gasteiger partial charge in [-0.05, 0) is 35.4 Å². The second-order valence-electron chi connectivity index (χ2n) is 6.00. The van der Waals surface area contributed by atoms with Crippen LogP contribution in [0.25, 0.3) is 11.1 Å². The molecular formula is C18H17F2NO2. The van der Waals surface area contributed by atoms with Gasteiger partial charge in [0, 0.05) is 31.5 Å². The van der Waals surface area contributed by atoms with Crippen molar-refractivity contribution in [1.29, 1.82) is 0 Å². The topological polar surface area (TPSA) is 30.5 Å². The minimum Gasteiger partial charge on any atom is -0.462 e. The van der Waals surface area contributed by atoms with Crippen molar-refractivity contribution >= 4 is 0 Å². The molecule has 4 rings (SSSR count). The lowest BCUT2D eigenvalue weighted by Gasteiger charge is -2.41. The lowest BCUT2D eigenvalue weighted by Crippen LogP contribution is -2.49. The summed E-state index contributed by atoms with van der Waals surface area (Å²) in [6.07, 6.45) is 1.63. The van der Waals surface area contributed by atoms with Gasteiger partial charge in [0.1, 0.15) is 5.75 Å². The fraction of sp³-hybridized carbons (Fsp3) is 0.333. The van der Waals surface area contributed by atoms with Gasteiger partial charge in [0.05, 0.1) is 6.61 Å². The Morgan fingerprint density at radius 3 is 2.43 bits per heavy atom. The molecule has 120 valence electrons. The van der Waals surface area contributed by atoms with Crippen molar-refractivity contribution < 1.29 is 18.3 Å². The number of fused-ring (bicyclic) bond motifs is 1. The first-order valence-electron chi connectivity index (χ1n) is 7.77. The van der Waals surface area contributed by atoms with E-state index in [1.54, 1.807) is 6.07 Å². The van der Waals surface area contributed by atoms with Gasteiger partial charge >= 0.3 is 0 Å². The molecule has 0 atom stereocenters. The molecule has 2 aliphatic rings. The van der Waals surface area contributed by atoms with Crippen LogP contribution in [0.2, 0.25) is 0 Å². The zero-order chi connectivity index (χ0) is 15.9. The Labute approximate surface area is 133 Å². The van der Waals surface area contributed by atoms with Gasteiger partial charge in [-0.3, -0.25) is 0 Å². The number of nitrogens with one attached hydrogen (secondary N) is 1. The number of ether oxygens (including phenoxy) is 2. The molecule has 1 fully saturated rings. The second kappa shape index (κ2) is 5.58. The van der Waals surface area contributed by atoms with Crippen LogP contribution in [0.3, 0.4) is 0 Å². The molecule has 3 nitrogen and oxygen atoms in total. The lowest BCUT2D eigenvalue weighted by molar-refractivity contribution is -0.218. The molecule has 0 bridgehead atoms. The minimum absolute atomic E-state index is 0.465. The summed E-state index contributed by atoms with van der Waals surface area (Å²) in [6.45, 7) is 2.22. The largest absolute Gasteiger partial charge is 0.462 e. The highest BCUT2D eigenvalue weighted by Gasteiger charge is 2.38. The van der Waals surface area contributed by atoms with Crippen molar-refractivity contribution in [3.63, 3.8) is 0 Å². The molecule has 0 unspecified atom stereocenters. The van der Waals surface area contributed by atoms with Crippen LogP contribution in [0.1, 0.15) is 18.4 Å². The van der Waals surface area contributed by atoms with Gasteiger partial charge in [0.15, 0.2) is 11.6 Å². The standard InChI is InChI=1S/C18H17F2NO2/c19-15-3-1-13(10-16(15)20)12-2-4-17-14(9-12)11-22-18(23-17)5-7-21-8-6-18/h1-4,9-10,21H,5-8,11H2. The van der Waals surface area contributed by atoms with E-state index in [2.05, 4.69) is 5.32 Å². The quantitative estimate of drug-likeness (QED) is 0.871. The molecule has 0 aromatic heterocycles. The SMILES string of the molecule is Fc1ccc(-c2ccc3c(c2)COC2(CCNCC2)O3)cc1F. The third-order valence-electron chi connectivity index (χ3n) is 4.47. The van der Waals surface area contributed by atoms with E-state index in [1.165, 1.54) is 6.07 Å². The molecule has 5 heteroatoms. The fourth-order valence-electron chi connectivity index (χ4n) is 3.14. The van der Waals surface area contributed by atoms with Crippen molar-refractivity contribution in [2.45, 2.75) is 25.2 Å². The van der Waals surface area contributed by atoms with Crippen LogP contribution >= 0.6 is 0 Å². The molecule has 0 saturated carbocycles. The predicted octanol–water partition coefficient (Wildman–Crippen LogP) is 3.62. The van der Waals surface area contributed by atoms with Crippen LogP contribution < -0.4 is 10.1 Å². The maximum absolute atomic E-state index is 13.4. The van der Waals surface area contributed by atoms with E-state index in [0.29, 0.717) is 12.2 Å². The van der Waals surface area contributed by atoms with Crippen molar-refractivity contribution in [3.8, 4) is 16.9 Å². The zero-order valence-corrected chi connectivity index (χ0v) is 12.6. The highest BCUT2D eigenvalue weighted by Crippen LogP contribution is 2.38. The predicted molar refractivity (Wildman–Crippen MR) is 82.0 cm³/mol. The Morgan fingerprint density at radius 1 is 0.913 bits per heavy atom. The molecule has 2 aliphatic heterocycles. The Kier molecular flexibility index (Phi) is 3.54. The Balaban J connectivity index is 1.63. The number of halogens is 2. The Hall–Kier alpha value is -1.98. The van der Waals surface area contributed by atoms with Gasteiger partial charge in [-0.25, -0.2) is 8.78 Å². The number of piperidine rings is 1. The second-order valence-corrected chi connectivity index (χ2v) is 6.00. The normalized spacial score (nSPS) is 19.2. The van der Waals surface area contributed by atoms with Gasteiger partial charge in [-0.1, -0.05) is 12.1 Å². The molecule has 2 aromatic carbocycles. The number of rotatable bonds is 1. The van der Waals surface area contributed by atoms with E-state index >= 15 is 0 Å². The summed E-state index contributed by atoms with van der Waals surface area (Å²) in [5, 5.41) is 3.29. The molecule has 2 aromatic rings. The maximum Gasteiger partial charge on any atom is 0.213 e. The van der Waals surface area contributed by atoms with Crippen LogP contribution in [0.15, 0.2) is 36.4 Å². The van der Waals surface area contributed by atoms with Gasteiger partial charge in [0.25, 0.3) is 0 Å². The fourth-order valence-corrected chi connectivity index (χ4v) is 3.14. The summed E-state index contributed by atoms with van der Waals surface area (Å²) >= 11 is 0. The van der Waals surface area contributed by atoms with Gasteiger partial charge in [-0.15, -0.1) is 0 Å². The van der Waals surface area contributed by atoms with Crippen molar-refractivity contribution in [1.82, 2.24) is 5.32 Å².